The molecule has 1 heterocycles. The third-order valence-corrected chi connectivity index (χ3v) is 6.15. The highest BCUT2D eigenvalue weighted by molar-refractivity contribution is 9.10. The van der Waals surface area contributed by atoms with Gasteiger partial charge in [0.15, 0.2) is 0 Å². The molecule has 9 heteroatoms. The summed E-state index contributed by atoms with van der Waals surface area (Å²) in [6.07, 6.45) is 1.42. The van der Waals surface area contributed by atoms with Gasteiger partial charge in [0, 0.05) is 28.7 Å². The van der Waals surface area contributed by atoms with E-state index in [0.29, 0.717) is 21.5 Å². The number of rotatable bonds is 7. The van der Waals surface area contributed by atoms with Crippen LogP contribution in [0.3, 0.4) is 0 Å². The summed E-state index contributed by atoms with van der Waals surface area (Å²) in [6, 6.07) is 7.90. The monoisotopic (exact) mass is 438 g/mol. The molecule has 0 amide bonds. The van der Waals surface area contributed by atoms with Gasteiger partial charge >= 0.3 is 0 Å². The quantitative estimate of drug-likeness (QED) is 0.526. The minimum absolute atomic E-state index is 0.0763. The van der Waals surface area contributed by atoms with Crippen molar-refractivity contribution in [3.8, 4) is 0 Å². The highest BCUT2D eigenvalue weighted by atomic mass is 79.9. The van der Waals surface area contributed by atoms with E-state index in [0.717, 1.165) is 0 Å². The van der Waals surface area contributed by atoms with Gasteiger partial charge in [-0.25, -0.2) is 22.5 Å². The van der Waals surface area contributed by atoms with Crippen molar-refractivity contribution in [1.29, 1.82) is 0 Å². The molecule has 1 aromatic carbocycles. The average molecular weight is 440 g/mol. The normalized spacial score (nSPS) is 11.6. The van der Waals surface area contributed by atoms with E-state index in [1.165, 1.54) is 30.1 Å². The molecule has 0 atom stereocenters. The fraction of sp³-hybridized carbons (Fsp3) is 0.214. The number of halogens is 3. The fourth-order valence-corrected chi connectivity index (χ4v) is 4.66. The maximum absolute atomic E-state index is 13.4. The number of sulfonamides is 1. The largest absolute Gasteiger partial charge is 0.243 e. The standard InChI is InChI=1S/C14H13BrClFN2O2S2/c15-11-7-13(14(16)18-8-11)23(20,21)19-5-6-22-9-10-3-1-2-4-12(10)17/h1-4,7-8,19H,5-6,9H2. The topological polar surface area (TPSA) is 59.1 Å². The van der Waals surface area contributed by atoms with Crippen molar-refractivity contribution < 1.29 is 12.8 Å². The van der Waals surface area contributed by atoms with Crippen LogP contribution >= 0.6 is 39.3 Å². The Morgan fingerprint density at radius 2 is 2.09 bits per heavy atom. The van der Waals surface area contributed by atoms with Gasteiger partial charge in [0.2, 0.25) is 10.0 Å². The van der Waals surface area contributed by atoms with Crippen LogP contribution in [-0.2, 0) is 15.8 Å². The van der Waals surface area contributed by atoms with Crippen molar-refractivity contribution in [2.24, 2.45) is 0 Å². The molecule has 0 aliphatic rings. The van der Waals surface area contributed by atoms with Gasteiger partial charge in [-0.1, -0.05) is 29.8 Å². The fourth-order valence-electron chi connectivity index (χ4n) is 1.72. The Bertz CT molecular complexity index is 790. The molecular formula is C14H13BrClFN2O2S2. The number of nitrogens with one attached hydrogen (secondary N) is 1. The van der Waals surface area contributed by atoms with Crippen LogP contribution in [0.25, 0.3) is 0 Å². The van der Waals surface area contributed by atoms with Crippen LogP contribution in [0.15, 0.2) is 45.9 Å². The van der Waals surface area contributed by atoms with Crippen molar-refractivity contribution >= 4 is 49.3 Å². The molecule has 0 saturated heterocycles. The summed E-state index contributed by atoms with van der Waals surface area (Å²) in [4.78, 5) is 3.71. The summed E-state index contributed by atoms with van der Waals surface area (Å²) in [5.41, 5.74) is 0.597. The highest BCUT2D eigenvalue weighted by Gasteiger charge is 2.18. The van der Waals surface area contributed by atoms with Crippen LogP contribution < -0.4 is 4.72 Å². The van der Waals surface area contributed by atoms with Gasteiger partial charge in [0.05, 0.1) is 0 Å². The number of thioether (sulfide) groups is 1. The lowest BCUT2D eigenvalue weighted by molar-refractivity contribution is 0.583. The zero-order valence-electron chi connectivity index (χ0n) is 11.8. The number of hydrogen-bond acceptors (Lipinski definition) is 4. The first-order chi connectivity index (χ1) is 10.9. The second-order valence-corrected chi connectivity index (χ2v) is 8.60. The van der Waals surface area contributed by atoms with Gasteiger partial charge < -0.3 is 0 Å². The van der Waals surface area contributed by atoms with Crippen LogP contribution in [0.4, 0.5) is 4.39 Å². The first-order valence-corrected chi connectivity index (χ1v) is 10.3. The van der Waals surface area contributed by atoms with E-state index in [1.807, 2.05) is 0 Å². The predicted molar refractivity (Wildman–Crippen MR) is 94.7 cm³/mol. The van der Waals surface area contributed by atoms with Crippen molar-refractivity contribution in [2.75, 3.05) is 12.3 Å². The van der Waals surface area contributed by atoms with Gasteiger partial charge in [0.1, 0.15) is 15.9 Å². The van der Waals surface area contributed by atoms with Gasteiger partial charge in [-0.2, -0.15) is 11.8 Å². The van der Waals surface area contributed by atoms with E-state index >= 15 is 0 Å². The summed E-state index contributed by atoms with van der Waals surface area (Å²) in [5, 5.41) is -0.0836. The number of benzene rings is 1. The van der Waals surface area contributed by atoms with Crippen LogP contribution in [0.5, 0.6) is 0 Å². The maximum atomic E-state index is 13.4. The van der Waals surface area contributed by atoms with Gasteiger partial charge in [-0.3, -0.25) is 0 Å². The Morgan fingerprint density at radius 3 is 2.83 bits per heavy atom. The van der Waals surface area contributed by atoms with E-state index in [9.17, 15) is 12.8 Å². The molecule has 4 nitrogen and oxygen atoms in total. The SMILES string of the molecule is O=S(=O)(NCCSCc1ccccc1F)c1cc(Br)cnc1Cl. The molecule has 2 aromatic rings. The van der Waals surface area contributed by atoms with Crippen LogP contribution in [0.2, 0.25) is 5.15 Å². The lowest BCUT2D eigenvalue weighted by Crippen LogP contribution is -2.26. The highest BCUT2D eigenvalue weighted by Crippen LogP contribution is 2.22. The Balaban J connectivity index is 1.86. The molecule has 1 aromatic heterocycles. The van der Waals surface area contributed by atoms with E-state index in [1.54, 1.807) is 18.2 Å². The smallest absolute Gasteiger partial charge is 0.242 e. The summed E-state index contributed by atoms with van der Waals surface area (Å²) in [5.74, 6) is 0.729. The third kappa shape index (κ3) is 5.42. The minimum atomic E-state index is -3.73. The van der Waals surface area contributed by atoms with Crippen LogP contribution in [0.1, 0.15) is 5.56 Å². The zero-order valence-corrected chi connectivity index (χ0v) is 15.8. The summed E-state index contributed by atoms with van der Waals surface area (Å²) in [7, 11) is -3.73. The first-order valence-electron chi connectivity index (χ1n) is 6.52. The third-order valence-electron chi connectivity index (χ3n) is 2.82. The summed E-state index contributed by atoms with van der Waals surface area (Å²) < 4.78 is 40.8. The van der Waals surface area contributed by atoms with E-state index in [4.69, 9.17) is 11.6 Å². The molecule has 0 fully saturated rings. The Hall–Kier alpha value is -0.670. The summed E-state index contributed by atoms with van der Waals surface area (Å²) in [6.45, 7) is 0.213. The van der Waals surface area contributed by atoms with Crippen molar-refractivity contribution in [1.82, 2.24) is 9.71 Å². The average Bonchev–Trinajstić information content (AvgIpc) is 2.51. The van der Waals surface area contributed by atoms with E-state index in [-0.39, 0.29) is 22.4 Å². The molecule has 0 unspecified atom stereocenters. The lowest BCUT2D eigenvalue weighted by atomic mass is 10.2. The van der Waals surface area contributed by atoms with Crippen LogP contribution in [-0.4, -0.2) is 25.7 Å². The second-order valence-electron chi connectivity index (χ2n) is 4.48. The summed E-state index contributed by atoms with van der Waals surface area (Å²) >= 11 is 10.4. The van der Waals surface area contributed by atoms with E-state index in [2.05, 4.69) is 25.6 Å². The molecule has 0 aliphatic carbocycles. The van der Waals surface area contributed by atoms with Crippen molar-refractivity contribution in [3.63, 3.8) is 0 Å². The Labute approximate surface area is 152 Å². The molecule has 0 bridgehead atoms. The van der Waals surface area contributed by atoms with Crippen molar-refractivity contribution in [2.45, 2.75) is 10.6 Å². The first kappa shape index (κ1) is 18.7. The molecule has 0 radical (unpaired) electrons. The maximum Gasteiger partial charge on any atom is 0.243 e. The molecule has 23 heavy (non-hydrogen) atoms. The van der Waals surface area contributed by atoms with Crippen molar-refractivity contribution in [3.05, 3.63) is 57.5 Å². The molecule has 124 valence electrons. The van der Waals surface area contributed by atoms with Gasteiger partial charge in [0.25, 0.3) is 0 Å². The Morgan fingerprint density at radius 1 is 1.35 bits per heavy atom. The second kappa shape index (κ2) is 8.43. The molecular weight excluding hydrogens is 427 g/mol. The molecule has 1 N–H and O–H groups in total. The van der Waals surface area contributed by atoms with E-state index < -0.39 is 10.0 Å². The number of nitrogens with zero attached hydrogens (tertiary/aromatic N) is 1. The molecule has 0 saturated carbocycles. The molecule has 0 aliphatic heterocycles. The minimum Gasteiger partial charge on any atom is -0.242 e. The number of aromatic nitrogens is 1. The molecule has 2 rings (SSSR count). The number of pyridine rings is 1. The lowest BCUT2D eigenvalue weighted by Gasteiger charge is -2.08. The van der Waals surface area contributed by atoms with Gasteiger partial charge in [-0.15, -0.1) is 0 Å². The predicted octanol–water partition coefficient (Wildman–Crippen LogP) is 3.85. The van der Waals surface area contributed by atoms with Crippen LogP contribution in [0, 0.1) is 5.82 Å². The molecule has 0 spiro atoms. The Kier molecular flexibility index (Phi) is 6.84. The number of hydrogen-bond donors (Lipinski definition) is 1. The van der Waals surface area contributed by atoms with Gasteiger partial charge in [-0.05, 0) is 33.6 Å². The zero-order chi connectivity index (χ0) is 16.9.